The largest absolute Gasteiger partial charge is 0.381 e. The summed E-state index contributed by atoms with van der Waals surface area (Å²) in [6, 6.07) is 0.270. The lowest BCUT2D eigenvalue weighted by Crippen LogP contribution is -2.42. The number of nitrogens with one attached hydrogen (secondary N) is 1. The summed E-state index contributed by atoms with van der Waals surface area (Å²) in [5.74, 6) is 0.612. The van der Waals surface area contributed by atoms with Crippen LogP contribution in [-0.2, 0) is 11.3 Å². The van der Waals surface area contributed by atoms with Crippen molar-refractivity contribution in [3.8, 4) is 0 Å². The molecule has 2 fully saturated rings. The van der Waals surface area contributed by atoms with Crippen LogP contribution in [0.3, 0.4) is 0 Å². The molecule has 0 bridgehead atoms. The van der Waals surface area contributed by atoms with Crippen LogP contribution in [0.15, 0.2) is 11.0 Å². The highest BCUT2D eigenvalue weighted by molar-refractivity contribution is 6.33. The molecule has 3 rings (SSSR count). The van der Waals surface area contributed by atoms with Gasteiger partial charge in [0.05, 0.1) is 17.3 Å². The molecule has 1 N–H and O–H groups in total. The molecule has 1 aromatic heterocycles. The fourth-order valence-corrected chi connectivity index (χ4v) is 2.53. The van der Waals surface area contributed by atoms with E-state index in [0.29, 0.717) is 29.3 Å². The maximum absolute atomic E-state index is 12.3. The van der Waals surface area contributed by atoms with E-state index < -0.39 is 0 Å². The predicted molar refractivity (Wildman–Crippen MR) is 73.7 cm³/mol. The Morgan fingerprint density at radius 2 is 2.26 bits per heavy atom. The molecule has 104 valence electrons. The molecule has 0 spiro atoms. The average Bonchev–Trinajstić information content (AvgIpc) is 3.14. The molecule has 2 aliphatic rings. The normalized spacial score (nSPS) is 26.0. The van der Waals surface area contributed by atoms with Gasteiger partial charge in [0.25, 0.3) is 5.56 Å². The Kier molecular flexibility index (Phi) is 3.50. The lowest BCUT2D eigenvalue weighted by atomic mass is 9.89. The van der Waals surface area contributed by atoms with Crippen molar-refractivity contribution in [2.75, 3.05) is 12.4 Å². The Hall–Kier alpha value is -1.07. The zero-order valence-corrected chi connectivity index (χ0v) is 11.7. The molecule has 1 heterocycles. The number of aromatic nitrogens is 2. The monoisotopic (exact) mass is 283 g/mol. The van der Waals surface area contributed by atoms with Crippen molar-refractivity contribution in [2.24, 2.45) is 5.92 Å². The molecule has 0 atom stereocenters. The Balaban J connectivity index is 1.74. The van der Waals surface area contributed by atoms with Gasteiger partial charge in [-0.15, -0.1) is 0 Å². The topological polar surface area (TPSA) is 56.1 Å². The second-order valence-electron chi connectivity index (χ2n) is 5.47. The standard InChI is InChI=1S/C13H18ClN3O2/c1-19-10-4-9(5-10)16-12-11(14)6-15-17(13(12)18)7-8-2-3-8/h6,8-10,16H,2-5,7H2,1H3. The molecular formula is C13H18ClN3O2. The van der Waals surface area contributed by atoms with E-state index in [-0.39, 0.29) is 11.6 Å². The smallest absolute Gasteiger partial charge is 0.291 e. The number of hydrogen-bond donors (Lipinski definition) is 1. The SMILES string of the molecule is COC1CC(Nc2c(Cl)cnn(CC3CC3)c2=O)C1. The Morgan fingerprint density at radius 1 is 1.53 bits per heavy atom. The highest BCUT2D eigenvalue weighted by Gasteiger charge is 2.30. The highest BCUT2D eigenvalue weighted by atomic mass is 35.5. The van der Waals surface area contributed by atoms with Crippen molar-refractivity contribution < 1.29 is 4.74 Å². The first-order valence-electron chi connectivity index (χ1n) is 6.72. The predicted octanol–water partition coefficient (Wildman–Crippen LogP) is 1.90. The molecule has 0 aromatic carbocycles. The van der Waals surface area contributed by atoms with E-state index in [0.717, 1.165) is 12.8 Å². The van der Waals surface area contributed by atoms with Crippen molar-refractivity contribution in [1.29, 1.82) is 0 Å². The molecule has 2 aliphatic carbocycles. The van der Waals surface area contributed by atoms with Crippen molar-refractivity contribution in [3.05, 3.63) is 21.6 Å². The molecule has 2 saturated carbocycles. The van der Waals surface area contributed by atoms with Crippen LogP contribution in [0.2, 0.25) is 5.02 Å². The Morgan fingerprint density at radius 3 is 2.89 bits per heavy atom. The van der Waals surface area contributed by atoms with E-state index in [4.69, 9.17) is 16.3 Å². The van der Waals surface area contributed by atoms with Gasteiger partial charge in [0.1, 0.15) is 5.69 Å². The van der Waals surface area contributed by atoms with Crippen molar-refractivity contribution in [2.45, 2.75) is 44.4 Å². The molecule has 19 heavy (non-hydrogen) atoms. The van der Waals surface area contributed by atoms with Crippen LogP contribution in [0.4, 0.5) is 5.69 Å². The van der Waals surface area contributed by atoms with Crippen molar-refractivity contribution >= 4 is 17.3 Å². The molecule has 1 aromatic rings. The third-order valence-electron chi connectivity index (χ3n) is 3.90. The molecule has 0 amide bonds. The van der Waals surface area contributed by atoms with Crippen molar-refractivity contribution in [1.82, 2.24) is 9.78 Å². The van der Waals surface area contributed by atoms with E-state index >= 15 is 0 Å². The minimum atomic E-state index is -0.111. The third kappa shape index (κ3) is 2.77. The van der Waals surface area contributed by atoms with Crippen LogP contribution in [0, 0.1) is 5.92 Å². The number of hydrogen-bond acceptors (Lipinski definition) is 4. The summed E-state index contributed by atoms with van der Waals surface area (Å²) in [6.07, 6.45) is 6.07. The number of methoxy groups -OCH3 is 1. The Bertz CT molecular complexity index is 521. The second kappa shape index (κ2) is 5.13. The number of rotatable bonds is 5. The molecule has 0 unspecified atom stereocenters. The fraction of sp³-hybridized carbons (Fsp3) is 0.692. The van der Waals surface area contributed by atoms with E-state index in [1.165, 1.54) is 17.5 Å². The first-order chi connectivity index (χ1) is 9.17. The lowest BCUT2D eigenvalue weighted by molar-refractivity contribution is 0.0328. The summed E-state index contributed by atoms with van der Waals surface area (Å²) in [6.45, 7) is 0.704. The van der Waals surface area contributed by atoms with Gasteiger partial charge in [-0.3, -0.25) is 4.79 Å². The van der Waals surface area contributed by atoms with Gasteiger partial charge in [-0.05, 0) is 31.6 Å². The van der Waals surface area contributed by atoms with Gasteiger partial charge >= 0.3 is 0 Å². The maximum Gasteiger partial charge on any atom is 0.291 e. The average molecular weight is 284 g/mol. The van der Waals surface area contributed by atoms with Gasteiger partial charge in [0, 0.05) is 19.7 Å². The number of ether oxygens (including phenoxy) is 1. The maximum atomic E-state index is 12.3. The van der Waals surface area contributed by atoms with E-state index in [9.17, 15) is 4.79 Å². The zero-order chi connectivity index (χ0) is 13.4. The fourth-order valence-electron chi connectivity index (χ4n) is 2.35. The molecule has 0 aliphatic heterocycles. The highest BCUT2D eigenvalue weighted by Crippen LogP contribution is 2.31. The van der Waals surface area contributed by atoms with Gasteiger partial charge in [0.15, 0.2) is 0 Å². The summed E-state index contributed by atoms with van der Waals surface area (Å²) in [4.78, 5) is 12.3. The van der Waals surface area contributed by atoms with Crippen LogP contribution in [0.25, 0.3) is 0 Å². The van der Waals surface area contributed by atoms with Gasteiger partial charge in [-0.25, -0.2) is 4.68 Å². The molecule has 0 radical (unpaired) electrons. The minimum absolute atomic E-state index is 0.111. The van der Waals surface area contributed by atoms with Crippen LogP contribution in [0.5, 0.6) is 0 Å². The van der Waals surface area contributed by atoms with E-state index in [1.54, 1.807) is 13.3 Å². The van der Waals surface area contributed by atoms with Crippen LogP contribution in [0.1, 0.15) is 25.7 Å². The Labute approximate surface area is 116 Å². The minimum Gasteiger partial charge on any atom is -0.381 e. The number of anilines is 1. The van der Waals surface area contributed by atoms with Crippen LogP contribution >= 0.6 is 11.6 Å². The summed E-state index contributed by atoms with van der Waals surface area (Å²) in [5, 5.41) is 7.74. The lowest BCUT2D eigenvalue weighted by Gasteiger charge is -2.35. The molecule has 6 heteroatoms. The van der Waals surface area contributed by atoms with E-state index in [2.05, 4.69) is 10.4 Å². The zero-order valence-electron chi connectivity index (χ0n) is 10.9. The number of halogens is 1. The molecule has 5 nitrogen and oxygen atoms in total. The third-order valence-corrected chi connectivity index (χ3v) is 4.19. The first-order valence-corrected chi connectivity index (χ1v) is 7.10. The van der Waals surface area contributed by atoms with Gasteiger partial charge < -0.3 is 10.1 Å². The second-order valence-corrected chi connectivity index (χ2v) is 5.88. The molecule has 0 saturated heterocycles. The van der Waals surface area contributed by atoms with Gasteiger partial charge in [0.2, 0.25) is 0 Å². The van der Waals surface area contributed by atoms with Crippen LogP contribution < -0.4 is 10.9 Å². The van der Waals surface area contributed by atoms with Crippen molar-refractivity contribution in [3.63, 3.8) is 0 Å². The van der Waals surface area contributed by atoms with E-state index in [1.807, 2.05) is 0 Å². The summed E-state index contributed by atoms with van der Waals surface area (Å²) < 4.78 is 6.76. The quantitative estimate of drug-likeness (QED) is 0.897. The summed E-state index contributed by atoms with van der Waals surface area (Å²) in [5.41, 5.74) is 0.372. The van der Waals surface area contributed by atoms with Gasteiger partial charge in [-0.2, -0.15) is 5.10 Å². The first kappa shape index (κ1) is 12.9. The molecular weight excluding hydrogens is 266 g/mol. The summed E-state index contributed by atoms with van der Waals surface area (Å²) >= 11 is 6.08. The van der Waals surface area contributed by atoms with Crippen LogP contribution in [-0.4, -0.2) is 29.0 Å². The number of nitrogens with zero attached hydrogens (tertiary/aromatic N) is 2. The summed E-state index contributed by atoms with van der Waals surface area (Å²) in [7, 11) is 1.71. The van der Waals surface area contributed by atoms with Gasteiger partial charge in [-0.1, -0.05) is 11.6 Å².